The van der Waals surface area contributed by atoms with Crippen molar-refractivity contribution in [3.63, 3.8) is 0 Å². The van der Waals surface area contributed by atoms with Gasteiger partial charge >= 0.3 is 0 Å². The van der Waals surface area contributed by atoms with E-state index in [4.69, 9.17) is 10.3 Å². The summed E-state index contributed by atoms with van der Waals surface area (Å²) in [6, 6.07) is 14.3. The predicted octanol–water partition coefficient (Wildman–Crippen LogP) is 4.38. The summed E-state index contributed by atoms with van der Waals surface area (Å²) >= 11 is 0. The molecule has 5 rings (SSSR count). The molecule has 1 aliphatic carbocycles. The normalized spacial score (nSPS) is 15.1. The molecule has 1 fully saturated rings. The lowest BCUT2D eigenvalue weighted by molar-refractivity contribution is 0.273. The maximum atomic E-state index is 13.2. The highest BCUT2D eigenvalue weighted by atomic mass is 19.1. The first-order valence-electron chi connectivity index (χ1n) is 9.43. The van der Waals surface area contributed by atoms with E-state index in [0.717, 1.165) is 36.0 Å². The Hall–Kier alpha value is -3.61. The molecule has 0 saturated heterocycles. The largest absolute Gasteiger partial charge is 0.368 e. The van der Waals surface area contributed by atoms with Gasteiger partial charge in [-0.3, -0.25) is 0 Å². The van der Waals surface area contributed by atoms with Gasteiger partial charge in [0, 0.05) is 23.5 Å². The lowest BCUT2D eigenvalue weighted by Crippen LogP contribution is -2.36. The van der Waals surface area contributed by atoms with Crippen LogP contribution in [0.3, 0.4) is 0 Å². The molecule has 2 aromatic heterocycles. The van der Waals surface area contributed by atoms with Crippen LogP contribution in [-0.2, 0) is 5.41 Å². The molecule has 0 bridgehead atoms. The Kier molecular flexibility index (Phi) is 4.08. The van der Waals surface area contributed by atoms with E-state index in [9.17, 15) is 4.39 Å². The maximum absolute atomic E-state index is 13.2. The van der Waals surface area contributed by atoms with Crippen LogP contribution in [0, 0.1) is 5.82 Å². The SMILES string of the molecule is Nc1ncc(-c2ccc(C3(c4noc(-c5ccc(F)cc5)n4)CCC3)cc2)cn1. The van der Waals surface area contributed by atoms with E-state index >= 15 is 0 Å². The van der Waals surface area contributed by atoms with Gasteiger partial charge in [-0.1, -0.05) is 35.8 Å². The van der Waals surface area contributed by atoms with Crippen molar-refractivity contribution in [2.75, 3.05) is 5.73 Å². The van der Waals surface area contributed by atoms with Crippen LogP contribution in [-0.4, -0.2) is 20.1 Å². The Morgan fingerprint density at radius 2 is 1.52 bits per heavy atom. The van der Waals surface area contributed by atoms with Crippen LogP contribution in [0.4, 0.5) is 10.3 Å². The zero-order valence-electron chi connectivity index (χ0n) is 15.5. The fourth-order valence-electron chi connectivity index (χ4n) is 3.77. The minimum atomic E-state index is -0.296. The van der Waals surface area contributed by atoms with Gasteiger partial charge in [-0.25, -0.2) is 14.4 Å². The van der Waals surface area contributed by atoms with Gasteiger partial charge < -0.3 is 10.3 Å². The molecule has 2 aromatic carbocycles. The van der Waals surface area contributed by atoms with Crippen molar-refractivity contribution >= 4 is 5.95 Å². The number of nitrogens with two attached hydrogens (primary N) is 1. The van der Waals surface area contributed by atoms with E-state index in [-0.39, 0.29) is 17.2 Å². The summed E-state index contributed by atoms with van der Waals surface area (Å²) in [6.07, 6.45) is 6.45. The van der Waals surface area contributed by atoms with Crippen LogP contribution in [0.5, 0.6) is 0 Å². The first-order chi connectivity index (χ1) is 14.1. The van der Waals surface area contributed by atoms with Gasteiger partial charge in [-0.2, -0.15) is 4.98 Å². The Bertz CT molecular complexity index is 1130. The maximum Gasteiger partial charge on any atom is 0.257 e. The molecule has 0 radical (unpaired) electrons. The topological polar surface area (TPSA) is 90.7 Å². The molecular formula is C22H18FN5O. The van der Waals surface area contributed by atoms with Crippen molar-refractivity contribution in [1.82, 2.24) is 20.1 Å². The summed E-state index contributed by atoms with van der Waals surface area (Å²) in [6.45, 7) is 0. The van der Waals surface area contributed by atoms with Crippen LogP contribution in [0.25, 0.3) is 22.6 Å². The molecule has 144 valence electrons. The van der Waals surface area contributed by atoms with Gasteiger partial charge in [0.25, 0.3) is 5.89 Å². The van der Waals surface area contributed by atoms with Crippen molar-refractivity contribution in [2.45, 2.75) is 24.7 Å². The molecule has 6 nitrogen and oxygen atoms in total. The van der Waals surface area contributed by atoms with E-state index in [1.165, 1.54) is 12.1 Å². The molecule has 29 heavy (non-hydrogen) atoms. The average Bonchev–Trinajstić information content (AvgIpc) is 3.19. The number of hydrogen-bond acceptors (Lipinski definition) is 6. The molecule has 7 heteroatoms. The van der Waals surface area contributed by atoms with Gasteiger partial charge in [0.05, 0.1) is 5.41 Å². The molecule has 4 aromatic rings. The molecule has 0 unspecified atom stereocenters. The highest BCUT2D eigenvalue weighted by Gasteiger charge is 2.44. The third-order valence-corrected chi connectivity index (χ3v) is 5.59. The first kappa shape index (κ1) is 17.5. The highest BCUT2D eigenvalue weighted by molar-refractivity contribution is 5.63. The van der Waals surface area contributed by atoms with Crippen molar-refractivity contribution in [3.05, 3.63) is 78.1 Å². The second kappa shape index (κ2) is 6.77. The number of nitrogens with zero attached hydrogens (tertiary/aromatic N) is 4. The number of anilines is 1. The van der Waals surface area contributed by atoms with Crippen LogP contribution in [0.1, 0.15) is 30.7 Å². The molecule has 0 aliphatic heterocycles. The lowest BCUT2D eigenvalue weighted by Gasteiger charge is -2.39. The van der Waals surface area contributed by atoms with Crippen molar-refractivity contribution in [3.8, 4) is 22.6 Å². The van der Waals surface area contributed by atoms with E-state index in [1.54, 1.807) is 24.5 Å². The Labute approximate surface area is 166 Å². The van der Waals surface area contributed by atoms with Gasteiger partial charge in [-0.05, 0) is 48.2 Å². The van der Waals surface area contributed by atoms with Crippen LogP contribution in [0.15, 0.2) is 65.4 Å². The van der Waals surface area contributed by atoms with Crippen LogP contribution >= 0.6 is 0 Å². The van der Waals surface area contributed by atoms with Gasteiger partial charge in [0.15, 0.2) is 5.82 Å². The zero-order chi connectivity index (χ0) is 19.8. The second-order valence-corrected chi connectivity index (χ2v) is 7.27. The van der Waals surface area contributed by atoms with Crippen molar-refractivity contribution in [2.24, 2.45) is 0 Å². The van der Waals surface area contributed by atoms with E-state index < -0.39 is 0 Å². The van der Waals surface area contributed by atoms with Gasteiger partial charge in [-0.15, -0.1) is 0 Å². The van der Waals surface area contributed by atoms with Crippen LogP contribution < -0.4 is 5.73 Å². The number of aromatic nitrogens is 4. The summed E-state index contributed by atoms with van der Waals surface area (Å²) in [5, 5.41) is 4.26. The van der Waals surface area contributed by atoms with Gasteiger partial charge in [0.1, 0.15) is 5.82 Å². The van der Waals surface area contributed by atoms with E-state index in [2.05, 4.69) is 32.2 Å². The van der Waals surface area contributed by atoms with Gasteiger partial charge in [0.2, 0.25) is 5.95 Å². The predicted molar refractivity (Wildman–Crippen MR) is 106 cm³/mol. The zero-order valence-corrected chi connectivity index (χ0v) is 15.5. The Morgan fingerprint density at radius 3 is 2.14 bits per heavy atom. The van der Waals surface area contributed by atoms with Crippen LogP contribution in [0.2, 0.25) is 0 Å². The monoisotopic (exact) mass is 387 g/mol. The highest BCUT2D eigenvalue weighted by Crippen LogP contribution is 2.48. The minimum absolute atomic E-state index is 0.252. The summed E-state index contributed by atoms with van der Waals surface area (Å²) in [7, 11) is 0. The van der Waals surface area contributed by atoms with Crippen molar-refractivity contribution in [1.29, 1.82) is 0 Å². The molecule has 2 heterocycles. The number of benzene rings is 2. The summed E-state index contributed by atoms with van der Waals surface area (Å²) in [5.74, 6) is 1.04. The minimum Gasteiger partial charge on any atom is -0.368 e. The summed E-state index contributed by atoms with van der Waals surface area (Å²) in [4.78, 5) is 12.7. The number of nitrogen functional groups attached to an aromatic ring is 1. The number of hydrogen-bond donors (Lipinski definition) is 1. The van der Waals surface area contributed by atoms with Crippen molar-refractivity contribution < 1.29 is 8.91 Å². The van der Waals surface area contributed by atoms with E-state index in [0.29, 0.717) is 17.3 Å². The Balaban J connectivity index is 1.46. The first-order valence-corrected chi connectivity index (χ1v) is 9.43. The fourth-order valence-corrected chi connectivity index (χ4v) is 3.77. The summed E-state index contributed by atoms with van der Waals surface area (Å²) in [5.41, 5.74) is 9.09. The third kappa shape index (κ3) is 3.04. The summed E-state index contributed by atoms with van der Waals surface area (Å²) < 4.78 is 18.7. The third-order valence-electron chi connectivity index (χ3n) is 5.59. The Morgan fingerprint density at radius 1 is 0.862 bits per heavy atom. The van der Waals surface area contributed by atoms with E-state index in [1.807, 2.05) is 12.1 Å². The molecule has 0 atom stereocenters. The molecule has 0 amide bonds. The average molecular weight is 387 g/mol. The molecule has 2 N–H and O–H groups in total. The quantitative estimate of drug-likeness (QED) is 0.559. The second-order valence-electron chi connectivity index (χ2n) is 7.27. The standard InChI is InChI=1S/C22H18FN5O/c23-18-8-4-15(5-9-18)19-27-20(28-29-19)22(10-1-11-22)17-6-2-14(3-7-17)16-12-25-21(24)26-13-16/h2-9,12-13H,1,10-11H2,(H2,24,25,26). The molecular weight excluding hydrogens is 369 g/mol. The molecule has 0 spiro atoms. The fraction of sp³-hybridized carbons (Fsp3) is 0.182. The smallest absolute Gasteiger partial charge is 0.257 e. The molecule has 1 aliphatic rings. The lowest BCUT2D eigenvalue weighted by atomic mass is 9.64. The number of halogens is 1. The molecule has 1 saturated carbocycles. The number of rotatable bonds is 4.